The maximum absolute atomic E-state index is 12.8. The molecule has 0 aliphatic rings. The zero-order chi connectivity index (χ0) is 15.1. The summed E-state index contributed by atoms with van der Waals surface area (Å²) in [6.07, 6.45) is 1.93. The average molecular weight is 306 g/mol. The molecule has 4 heteroatoms. The van der Waals surface area contributed by atoms with Crippen LogP contribution in [0.2, 0.25) is 5.02 Å². The Morgan fingerprint density at radius 2 is 1.81 bits per heavy atom. The van der Waals surface area contributed by atoms with E-state index in [9.17, 15) is 9.18 Å². The molecule has 0 saturated heterocycles. The molecule has 110 valence electrons. The van der Waals surface area contributed by atoms with Crippen molar-refractivity contribution in [3.63, 3.8) is 0 Å². The highest BCUT2D eigenvalue weighted by Gasteiger charge is 2.04. The fourth-order valence-electron chi connectivity index (χ4n) is 2.06. The van der Waals surface area contributed by atoms with E-state index in [2.05, 4.69) is 5.32 Å². The number of nitrogens with one attached hydrogen (secondary N) is 1. The van der Waals surface area contributed by atoms with Crippen LogP contribution < -0.4 is 5.32 Å². The molecule has 2 rings (SSSR count). The van der Waals surface area contributed by atoms with Crippen molar-refractivity contribution in [1.82, 2.24) is 5.32 Å². The highest BCUT2D eigenvalue weighted by atomic mass is 35.5. The van der Waals surface area contributed by atoms with Crippen molar-refractivity contribution in [2.45, 2.75) is 19.3 Å². The van der Waals surface area contributed by atoms with E-state index in [0.29, 0.717) is 6.54 Å². The van der Waals surface area contributed by atoms with E-state index in [1.54, 1.807) is 12.1 Å². The first-order valence-electron chi connectivity index (χ1n) is 6.90. The third kappa shape index (κ3) is 5.20. The van der Waals surface area contributed by atoms with Crippen molar-refractivity contribution in [3.05, 3.63) is 70.5 Å². The number of carbonyl (C=O) groups is 1. The second kappa shape index (κ2) is 7.79. The molecule has 0 aliphatic carbocycles. The summed E-state index contributed by atoms with van der Waals surface area (Å²) in [5.74, 6) is -0.348. The van der Waals surface area contributed by atoms with E-state index in [1.807, 2.05) is 24.3 Å². The molecule has 0 aliphatic heterocycles. The molecule has 0 spiro atoms. The molecule has 0 atom stereocenters. The minimum Gasteiger partial charge on any atom is -0.356 e. The van der Waals surface area contributed by atoms with Gasteiger partial charge in [0.2, 0.25) is 5.91 Å². The summed E-state index contributed by atoms with van der Waals surface area (Å²) >= 11 is 6.07. The summed E-state index contributed by atoms with van der Waals surface area (Å²) in [6.45, 7) is 0.602. The van der Waals surface area contributed by atoms with Crippen LogP contribution in [-0.2, 0) is 17.6 Å². The summed E-state index contributed by atoms with van der Waals surface area (Å²) in [4.78, 5) is 11.7. The van der Waals surface area contributed by atoms with E-state index in [-0.39, 0.29) is 18.1 Å². The normalized spacial score (nSPS) is 10.4. The smallest absolute Gasteiger partial charge is 0.224 e. The van der Waals surface area contributed by atoms with Crippen molar-refractivity contribution in [1.29, 1.82) is 0 Å². The molecule has 21 heavy (non-hydrogen) atoms. The lowest BCUT2D eigenvalue weighted by atomic mass is 10.1. The van der Waals surface area contributed by atoms with Crippen LogP contribution in [0.25, 0.3) is 0 Å². The van der Waals surface area contributed by atoms with Gasteiger partial charge in [-0.15, -0.1) is 0 Å². The molecule has 0 saturated carbocycles. The third-order valence-electron chi connectivity index (χ3n) is 3.18. The van der Waals surface area contributed by atoms with Gasteiger partial charge in [-0.3, -0.25) is 4.79 Å². The summed E-state index contributed by atoms with van der Waals surface area (Å²) in [6, 6.07) is 13.7. The number of carbonyl (C=O) groups excluding carboxylic acids is 1. The van der Waals surface area contributed by atoms with Gasteiger partial charge in [0.1, 0.15) is 5.82 Å². The van der Waals surface area contributed by atoms with Crippen LogP contribution in [-0.4, -0.2) is 12.5 Å². The van der Waals surface area contributed by atoms with Crippen LogP contribution in [0.5, 0.6) is 0 Å². The first-order chi connectivity index (χ1) is 10.1. The molecular weight excluding hydrogens is 289 g/mol. The summed E-state index contributed by atoms with van der Waals surface area (Å²) in [5.41, 5.74) is 1.90. The van der Waals surface area contributed by atoms with Gasteiger partial charge >= 0.3 is 0 Å². The van der Waals surface area contributed by atoms with Gasteiger partial charge in [0, 0.05) is 11.6 Å². The Balaban J connectivity index is 1.70. The largest absolute Gasteiger partial charge is 0.356 e. The van der Waals surface area contributed by atoms with Crippen molar-refractivity contribution in [3.8, 4) is 0 Å². The predicted molar refractivity (Wildman–Crippen MR) is 82.9 cm³/mol. The molecule has 1 amide bonds. The summed E-state index contributed by atoms with van der Waals surface area (Å²) in [5, 5.41) is 3.62. The van der Waals surface area contributed by atoms with Gasteiger partial charge in [-0.1, -0.05) is 41.9 Å². The van der Waals surface area contributed by atoms with Crippen molar-refractivity contribution < 1.29 is 9.18 Å². The zero-order valence-corrected chi connectivity index (χ0v) is 12.4. The van der Waals surface area contributed by atoms with E-state index in [4.69, 9.17) is 11.6 Å². The van der Waals surface area contributed by atoms with E-state index in [1.165, 1.54) is 12.1 Å². The Labute approximate surface area is 128 Å². The molecule has 0 heterocycles. The van der Waals surface area contributed by atoms with Crippen LogP contribution in [0, 0.1) is 5.82 Å². The van der Waals surface area contributed by atoms with Gasteiger partial charge in [-0.05, 0) is 42.2 Å². The maximum Gasteiger partial charge on any atom is 0.224 e. The summed E-state index contributed by atoms with van der Waals surface area (Å²) < 4.78 is 12.8. The van der Waals surface area contributed by atoms with Gasteiger partial charge in [-0.25, -0.2) is 4.39 Å². The second-order valence-electron chi connectivity index (χ2n) is 4.85. The van der Waals surface area contributed by atoms with E-state index >= 15 is 0 Å². The second-order valence-corrected chi connectivity index (χ2v) is 5.26. The van der Waals surface area contributed by atoms with Gasteiger partial charge < -0.3 is 5.32 Å². The molecule has 2 nitrogen and oxygen atoms in total. The Morgan fingerprint density at radius 3 is 2.52 bits per heavy atom. The lowest BCUT2D eigenvalue weighted by Gasteiger charge is -2.06. The Bertz CT molecular complexity index is 598. The van der Waals surface area contributed by atoms with Gasteiger partial charge in [0.05, 0.1) is 6.42 Å². The summed E-state index contributed by atoms with van der Waals surface area (Å²) in [7, 11) is 0. The van der Waals surface area contributed by atoms with Crippen molar-refractivity contribution >= 4 is 17.5 Å². The molecule has 0 bridgehead atoms. The number of aryl methyl sites for hydroxylation is 1. The van der Waals surface area contributed by atoms with Crippen LogP contribution in [0.3, 0.4) is 0 Å². The quantitative estimate of drug-likeness (QED) is 0.809. The van der Waals surface area contributed by atoms with Crippen LogP contribution in [0.4, 0.5) is 4.39 Å². The maximum atomic E-state index is 12.8. The molecule has 0 aromatic heterocycles. The van der Waals surface area contributed by atoms with Crippen LogP contribution in [0.15, 0.2) is 48.5 Å². The molecular formula is C17H17ClFNO. The lowest BCUT2D eigenvalue weighted by molar-refractivity contribution is -0.120. The fraction of sp³-hybridized carbons (Fsp3) is 0.235. The topological polar surface area (TPSA) is 29.1 Å². The number of rotatable bonds is 6. The highest BCUT2D eigenvalue weighted by molar-refractivity contribution is 6.31. The molecule has 2 aromatic rings. The average Bonchev–Trinajstić information content (AvgIpc) is 2.48. The molecule has 0 unspecified atom stereocenters. The molecule has 1 N–H and O–H groups in total. The number of benzene rings is 2. The number of hydrogen-bond acceptors (Lipinski definition) is 1. The van der Waals surface area contributed by atoms with Crippen LogP contribution >= 0.6 is 11.6 Å². The Morgan fingerprint density at radius 1 is 1.10 bits per heavy atom. The molecule has 2 aromatic carbocycles. The van der Waals surface area contributed by atoms with Crippen molar-refractivity contribution in [2.75, 3.05) is 6.54 Å². The first kappa shape index (κ1) is 15.5. The monoisotopic (exact) mass is 305 g/mol. The number of hydrogen-bond donors (Lipinski definition) is 1. The van der Waals surface area contributed by atoms with Gasteiger partial charge in [-0.2, -0.15) is 0 Å². The van der Waals surface area contributed by atoms with Crippen molar-refractivity contribution in [2.24, 2.45) is 0 Å². The minimum absolute atomic E-state index is 0.0548. The first-order valence-corrected chi connectivity index (χ1v) is 7.27. The fourth-order valence-corrected chi connectivity index (χ4v) is 2.29. The standard InChI is InChI=1S/C17H17ClFNO/c18-16-6-2-1-4-14(16)5-3-11-20-17(21)12-13-7-9-15(19)10-8-13/h1-2,4,6-10H,3,5,11-12H2,(H,20,21). The van der Waals surface area contributed by atoms with Gasteiger partial charge in [0.25, 0.3) is 0 Å². The lowest BCUT2D eigenvalue weighted by Crippen LogP contribution is -2.26. The zero-order valence-electron chi connectivity index (χ0n) is 11.6. The Kier molecular flexibility index (Phi) is 5.76. The Hall–Kier alpha value is -1.87. The van der Waals surface area contributed by atoms with E-state index < -0.39 is 0 Å². The molecule has 0 fully saturated rings. The minimum atomic E-state index is -0.293. The van der Waals surface area contributed by atoms with Crippen LogP contribution in [0.1, 0.15) is 17.5 Å². The number of halogens is 2. The van der Waals surface area contributed by atoms with Gasteiger partial charge in [0.15, 0.2) is 0 Å². The molecule has 0 radical (unpaired) electrons. The number of amides is 1. The highest BCUT2D eigenvalue weighted by Crippen LogP contribution is 2.16. The third-order valence-corrected chi connectivity index (χ3v) is 3.55. The predicted octanol–water partition coefficient (Wildman–Crippen LogP) is 3.77. The van der Waals surface area contributed by atoms with E-state index in [0.717, 1.165) is 29.0 Å². The SMILES string of the molecule is O=C(Cc1ccc(F)cc1)NCCCc1ccccc1Cl.